The van der Waals surface area contributed by atoms with Crippen LogP contribution < -0.4 is 5.14 Å². The number of hydrogen-bond donors (Lipinski definition) is 2. The second-order valence-corrected chi connectivity index (χ2v) is 5.28. The highest BCUT2D eigenvalue weighted by Crippen LogP contribution is 2.25. The van der Waals surface area contributed by atoms with E-state index in [1.54, 1.807) is 13.0 Å². The Morgan fingerprint density at radius 2 is 2.17 bits per heavy atom. The van der Waals surface area contributed by atoms with Crippen LogP contribution in [0.1, 0.15) is 17.9 Å². The van der Waals surface area contributed by atoms with Gasteiger partial charge >= 0.3 is 0 Å². The number of rotatable bonds is 2. The lowest BCUT2D eigenvalue weighted by Gasteiger charge is -1.96. The fraction of sp³-hybridized carbons (Fsp3) is 0.333. The van der Waals surface area contributed by atoms with Crippen LogP contribution in [-0.4, -0.2) is 13.5 Å². The standard InChI is InChI=1S/C6H9NO3S2/c1-4(8)5-2-3-6(11-5)12(7,9)10/h2-4,8H,1H3,(H2,7,9,10)/t4-/m1/s1. The zero-order valence-electron chi connectivity index (χ0n) is 6.39. The van der Waals surface area contributed by atoms with Crippen LogP contribution >= 0.6 is 11.3 Å². The molecule has 0 radical (unpaired) electrons. The van der Waals surface area contributed by atoms with E-state index in [1.807, 2.05) is 0 Å². The monoisotopic (exact) mass is 207 g/mol. The molecule has 0 fully saturated rings. The quantitative estimate of drug-likeness (QED) is 0.738. The van der Waals surface area contributed by atoms with Crippen molar-refractivity contribution >= 4 is 21.4 Å². The van der Waals surface area contributed by atoms with Gasteiger partial charge in [-0.1, -0.05) is 0 Å². The maximum absolute atomic E-state index is 10.8. The molecule has 1 aromatic heterocycles. The predicted octanol–water partition coefficient (Wildman–Crippen LogP) is 0.449. The number of primary sulfonamides is 1. The van der Waals surface area contributed by atoms with Gasteiger partial charge in [0.1, 0.15) is 4.21 Å². The average molecular weight is 207 g/mol. The van der Waals surface area contributed by atoms with Crippen molar-refractivity contribution < 1.29 is 13.5 Å². The molecule has 0 bridgehead atoms. The van der Waals surface area contributed by atoms with Gasteiger partial charge in [0.15, 0.2) is 0 Å². The first-order valence-electron chi connectivity index (χ1n) is 3.22. The molecule has 1 rings (SSSR count). The van der Waals surface area contributed by atoms with E-state index >= 15 is 0 Å². The number of sulfonamides is 1. The van der Waals surface area contributed by atoms with Crippen LogP contribution in [0.25, 0.3) is 0 Å². The number of thiophene rings is 1. The van der Waals surface area contributed by atoms with Gasteiger partial charge < -0.3 is 5.11 Å². The Hall–Kier alpha value is -0.430. The SMILES string of the molecule is C[C@@H](O)c1ccc(S(N)(=O)=O)s1. The number of hydrogen-bond acceptors (Lipinski definition) is 4. The lowest BCUT2D eigenvalue weighted by molar-refractivity contribution is 0.203. The molecule has 6 heteroatoms. The van der Waals surface area contributed by atoms with Crippen molar-refractivity contribution in [2.24, 2.45) is 5.14 Å². The smallest absolute Gasteiger partial charge is 0.247 e. The highest BCUT2D eigenvalue weighted by atomic mass is 32.2. The third-order valence-electron chi connectivity index (χ3n) is 1.29. The minimum absolute atomic E-state index is 0.0819. The first-order valence-corrected chi connectivity index (χ1v) is 5.58. The van der Waals surface area contributed by atoms with Gasteiger partial charge in [-0.25, -0.2) is 13.6 Å². The lowest BCUT2D eigenvalue weighted by atomic mass is 10.3. The van der Waals surface area contributed by atoms with Gasteiger partial charge in [0, 0.05) is 4.88 Å². The second kappa shape index (κ2) is 3.14. The minimum Gasteiger partial charge on any atom is -0.388 e. The molecule has 1 atom stereocenters. The molecule has 3 N–H and O–H groups in total. The van der Waals surface area contributed by atoms with Gasteiger partial charge in [-0.2, -0.15) is 0 Å². The number of aliphatic hydroxyl groups excluding tert-OH is 1. The summed E-state index contributed by atoms with van der Waals surface area (Å²) in [6.07, 6.45) is -0.648. The van der Waals surface area contributed by atoms with Crippen molar-refractivity contribution in [3.05, 3.63) is 17.0 Å². The predicted molar refractivity (Wildman–Crippen MR) is 46.3 cm³/mol. The molecule has 68 valence electrons. The third-order valence-corrected chi connectivity index (χ3v) is 3.99. The van der Waals surface area contributed by atoms with Crippen LogP contribution in [0.2, 0.25) is 0 Å². The van der Waals surface area contributed by atoms with Crippen molar-refractivity contribution in [2.45, 2.75) is 17.2 Å². The highest BCUT2D eigenvalue weighted by molar-refractivity contribution is 7.91. The molecule has 0 spiro atoms. The molecule has 0 aromatic carbocycles. The maximum atomic E-state index is 10.8. The summed E-state index contributed by atoms with van der Waals surface area (Å²) >= 11 is 0.985. The van der Waals surface area contributed by atoms with Crippen molar-refractivity contribution in [3.63, 3.8) is 0 Å². The molecule has 4 nitrogen and oxygen atoms in total. The zero-order valence-corrected chi connectivity index (χ0v) is 8.02. The van der Waals surface area contributed by atoms with E-state index < -0.39 is 16.1 Å². The molecular weight excluding hydrogens is 198 g/mol. The van der Waals surface area contributed by atoms with Crippen LogP contribution in [0.3, 0.4) is 0 Å². The Labute approximate surface area is 74.7 Å². The summed E-state index contributed by atoms with van der Waals surface area (Å²) in [5, 5.41) is 13.9. The van der Waals surface area contributed by atoms with Gasteiger partial charge in [0.2, 0.25) is 10.0 Å². The van der Waals surface area contributed by atoms with E-state index in [0.29, 0.717) is 4.88 Å². The molecule has 12 heavy (non-hydrogen) atoms. The highest BCUT2D eigenvalue weighted by Gasteiger charge is 2.12. The van der Waals surface area contributed by atoms with E-state index in [0.717, 1.165) is 11.3 Å². The van der Waals surface area contributed by atoms with Crippen molar-refractivity contribution in [1.29, 1.82) is 0 Å². The Balaban J connectivity index is 3.09. The molecule has 0 aliphatic heterocycles. The van der Waals surface area contributed by atoms with Gasteiger partial charge in [0.25, 0.3) is 0 Å². The van der Waals surface area contributed by atoms with Crippen LogP contribution in [0.4, 0.5) is 0 Å². The topological polar surface area (TPSA) is 80.4 Å². The fourth-order valence-electron chi connectivity index (χ4n) is 0.712. The van der Waals surface area contributed by atoms with Gasteiger partial charge in [0.05, 0.1) is 6.10 Å². The first kappa shape index (κ1) is 9.66. The van der Waals surface area contributed by atoms with Crippen LogP contribution in [0, 0.1) is 0 Å². The van der Waals surface area contributed by atoms with E-state index in [1.165, 1.54) is 6.07 Å². The molecule has 1 aromatic rings. The summed E-state index contributed by atoms with van der Waals surface area (Å²) < 4.78 is 21.6. The molecule has 1 heterocycles. The first-order chi connectivity index (χ1) is 5.41. The summed E-state index contributed by atoms with van der Waals surface area (Å²) in [7, 11) is -3.61. The number of aliphatic hydroxyl groups is 1. The van der Waals surface area contributed by atoms with Crippen molar-refractivity contribution in [2.75, 3.05) is 0 Å². The summed E-state index contributed by atoms with van der Waals surface area (Å²) in [4.78, 5) is 0.596. The largest absolute Gasteiger partial charge is 0.388 e. The normalized spacial score (nSPS) is 14.6. The van der Waals surface area contributed by atoms with E-state index in [2.05, 4.69) is 0 Å². The summed E-state index contributed by atoms with van der Waals surface area (Å²) in [5.74, 6) is 0. The number of nitrogens with two attached hydrogens (primary N) is 1. The average Bonchev–Trinajstić information content (AvgIpc) is 2.30. The van der Waals surface area contributed by atoms with Gasteiger partial charge in [-0.15, -0.1) is 11.3 Å². The molecule has 0 saturated heterocycles. The van der Waals surface area contributed by atoms with E-state index in [9.17, 15) is 8.42 Å². The van der Waals surface area contributed by atoms with Gasteiger partial charge in [-0.05, 0) is 19.1 Å². The summed E-state index contributed by atoms with van der Waals surface area (Å²) in [6.45, 7) is 1.57. The molecule has 0 aliphatic carbocycles. The molecule has 0 aliphatic rings. The third kappa shape index (κ3) is 2.04. The molecule has 0 amide bonds. The van der Waals surface area contributed by atoms with Crippen LogP contribution in [0.15, 0.2) is 16.3 Å². The Bertz CT molecular complexity index is 366. The van der Waals surface area contributed by atoms with Crippen molar-refractivity contribution in [3.8, 4) is 0 Å². The Morgan fingerprint density at radius 1 is 1.58 bits per heavy atom. The second-order valence-electron chi connectivity index (χ2n) is 2.38. The minimum atomic E-state index is -3.61. The van der Waals surface area contributed by atoms with Crippen molar-refractivity contribution in [1.82, 2.24) is 0 Å². The van der Waals surface area contributed by atoms with Gasteiger partial charge in [-0.3, -0.25) is 0 Å². The molecule has 0 saturated carbocycles. The van der Waals surface area contributed by atoms with E-state index in [-0.39, 0.29) is 4.21 Å². The fourth-order valence-corrected chi connectivity index (χ4v) is 2.40. The van der Waals surface area contributed by atoms with E-state index in [4.69, 9.17) is 10.2 Å². The summed E-state index contributed by atoms with van der Waals surface area (Å²) in [5.41, 5.74) is 0. The Morgan fingerprint density at radius 3 is 2.42 bits per heavy atom. The lowest BCUT2D eigenvalue weighted by Crippen LogP contribution is -2.09. The molecule has 0 unspecified atom stereocenters. The molecular formula is C6H9NO3S2. The Kier molecular flexibility index (Phi) is 2.52. The van der Waals surface area contributed by atoms with Crippen LogP contribution in [0.5, 0.6) is 0 Å². The zero-order chi connectivity index (χ0) is 9.35. The maximum Gasteiger partial charge on any atom is 0.247 e. The summed E-state index contributed by atoms with van der Waals surface area (Å²) in [6, 6.07) is 2.94. The van der Waals surface area contributed by atoms with Crippen LogP contribution in [-0.2, 0) is 10.0 Å².